The zero-order valence-electron chi connectivity index (χ0n) is 11.7. The maximum Gasteiger partial charge on any atom is 0.237 e. The van der Waals surface area contributed by atoms with Crippen molar-refractivity contribution in [2.75, 3.05) is 13.2 Å². The average molecular weight is 266 g/mol. The Morgan fingerprint density at radius 1 is 1.63 bits per heavy atom. The van der Waals surface area contributed by atoms with Crippen molar-refractivity contribution in [2.24, 2.45) is 5.73 Å². The van der Waals surface area contributed by atoms with Crippen LogP contribution in [0, 0.1) is 0 Å². The number of imidazole rings is 1. The van der Waals surface area contributed by atoms with Crippen LogP contribution in [-0.2, 0) is 16.1 Å². The Morgan fingerprint density at radius 2 is 2.37 bits per heavy atom. The molecule has 2 heterocycles. The molecule has 1 fully saturated rings. The first-order valence-electron chi connectivity index (χ1n) is 6.67. The van der Waals surface area contributed by atoms with Gasteiger partial charge in [0.15, 0.2) is 0 Å². The molecule has 2 rings (SSSR count). The molecule has 0 aliphatic carbocycles. The number of nitrogens with zero attached hydrogens (tertiary/aromatic N) is 3. The third-order valence-electron chi connectivity index (χ3n) is 3.54. The number of hydrogen-bond donors (Lipinski definition) is 1. The fraction of sp³-hybridized carbons (Fsp3) is 0.692. The van der Waals surface area contributed by atoms with Gasteiger partial charge in [-0.1, -0.05) is 0 Å². The molecule has 1 aromatic rings. The number of carbonyl (C=O) groups is 1. The van der Waals surface area contributed by atoms with E-state index in [0.29, 0.717) is 25.7 Å². The molecule has 0 radical (unpaired) electrons. The molecule has 0 saturated carbocycles. The number of primary amides is 1. The lowest BCUT2D eigenvalue weighted by molar-refractivity contribution is -0.136. The van der Waals surface area contributed by atoms with Crippen molar-refractivity contribution in [3.8, 4) is 0 Å². The van der Waals surface area contributed by atoms with Crippen LogP contribution in [-0.4, -0.2) is 45.7 Å². The largest absolute Gasteiger partial charge is 0.375 e. The molecule has 1 amide bonds. The fourth-order valence-electron chi connectivity index (χ4n) is 2.59. The van der Waals surface area contributed by atoms with Crippen LogP contribution < -0.4 is 5.73 Å². The SMILES string of the molecule is CC(C)n1ccnc1CN1CCO[C@H](C)[C@H]1C(N)=O. The van der Waals surface area contributed by atoms with Gasteiger partial charge in [0.25, 0.3) is 0 Å². The summed E-state index contributed by atoms with van der Waals surface area (Å²) in [6, 6.07) is -0.0333. The number of rotatable bonds is 4. The van der Waals surface area contributed by atoms with Crippen LogP contribution in [0.5, 0.6) is 0 Å². The van der Waals surface area contributed by atoms with Crippen molar-refractivity contribution in [3.63, 3.8) is 0 Å². The van der Waals surface area contributed by atoms with E-state index >= 15 is 0 Å². The second-order valence-corrected chi connectivity index (χ2v) is 5.24. The molecule has 2 N–H and O–H groups in total. The molecule has 6 nitrogen and oxygen atoms in total. The first kappa shape index (κ1) is 14.0. The van der Waals surface area contributed by atoms with E-state index in [2.05, 4.69) is 28.3 Å². The van der Waals surface area contributed by atoms with Crippen molar-refractivity contribution in [2.45, 2.75) is 45.5 Å². The second-order valence-electron chi connectivity index (χ2n) is 5.24. The standard InChI is InChI=1S/C13H22N4O2/c1-9(2)17-5-4-15-11(17)8-16-6-7-19-10(3)12(16)13(14)18/h4-5,9-10,12H,6-8H2,1-3H3,(H2,14,18)/t10-,12+/m1/s1. The van der Waals surface area contributed by atoms with E-state index in [1.807, 2.05) is 13.1 Å². The second kappa shape index (κ2) is 5.71. The van der Waals surface area contributed by atoms with Crippen molar-refractivity contribution in [1.29, 1.82) is 0 Å². The summed E-state index contributed by atoms with van der Waals surface area (Å²) in [6.45, 7) is 8.04. The quantitative estimate of drug-likeness (QED) is 0.863. The minimum absolute atomic E-state index is 0.172. The van der Waals surface area contributed by atoms with Gasteiger partial charge in [0.2, 0.25) is 5.91 Å². The van der Waals surface area contributed by atoms with E-state index in [4.69, 9.17) is 10.5 Å². The molecule has 1 aromatic heterocycles. The first-order chi connectivity index (χ1) is 9.00. The van der Waals surface area contributed by atoms with E-state index in [1.165, 1.54) is 0 Å². The molecule has 106 valence electrons. The smallest absolute Gasteiger partial charge is 0.237 e. The van der Waals surface area contributed by atoms with E-state index in [-0.39, 0.29) is 18.1 Å². The zero-order valence-corrected chi connectivity index (χ0v) is 11.7. The number of carbonyl (C=O) groups excluding carboxylic acids is 1. The summed E-state index contributed by atoms with van der Waals surface area (Å²) < 4.78 is 7.62. The van der Waals surface area contributed by atoms with Crippen LogP contribution in [0.3, 0.4) is 0 Å². The van der Waals surface area contributed by atoms with Gasteiger partial charge in [-0.25, -0.2) is 4.98 Å². The van der Waals surface area contributed by atoms with Crippen molar-refractivity contribution < 1.29 is 9.53 Å². The number of morpholine rings is 1. The van der Waals surface area contributed by atoms with Crippen LogP contribution in [0.4, 0.5) is 0 Å². The Kier molecular flexibility index (Phi) is 4.21. The van der Waals surface area contributed by atoms with Gasteiger partial charge < -0.3 is 15.0 Å². The molecule has 0 aromatic carbocycles. The van der Waals surface area contributed by atoms with E-state index in [9.17, 15) is 4.79 Å². The lowest BCUT2D eigenvalue weighted by Gasteiger charge is -2.37. The van der Waals surface area contributed by atoms with Crippen LogP contribution >= 0.6 is 0 Å². The minimum atomic E-state index is -0.383. The fourth-order valence-corrected chi connectivity index (χ4v) is 2.59. The summed E-state index contributed by atoms with van der Waals surface area (Å²) in [5, 5.41) is 0. The number of hydrogen-bond acceptors (Lipinski definition) is 4. The highest BCUT2D eigenvalue weighted by molar-refractivity contribution is 5.80. The summed E-state index contributed by atoms with van der Waals surface area (Å²) >= 11 is 0. The Hall–Kier alpha value is -1.40. The predicted octanol–water partition coefficient (Wildman–Crippen LogP) is 0.539. The van der Waals surface area contributed by atoms with Gasteiger partial charge in [-0.2, -0.15) is 0 Å². The topological polar surface area (TPSA) is 73.4 Å². The molecule has 1 aliphatic heterocycles. The highest BCUT2D eigenvalue weighted by Crippen LogP contribution is 2.18. The molecule has 1 aliphatic rings. The molecule has 19 heavy (non-hydrogen) atoms. The highest BCUT2D eigenvalue weighted by Gasteiger charge is 2.34. The molecular formula is C13H22N4O2. The Bertz CT molecular complexity index is 444. The molecular weight excluding hydrogens is 244 g/mol. The maximum absolute atomic E-state index is 11.6. The molecule has 0 bridgehead atoms. The highest BCUT2D eigenvalue weighted by atomic mass is 16.5. The lowest BCUT2D eigenvalue weighted by atomic mass is 10.1. The normalized spacial score (nSPS) is 24.8. The summed E-state index contributed by atoms with van der Waals surface area (Å²) in [5.41, 5.74) is 5.49. The van der Waals surface area contributed by atoms with E-state index in [0.717, 1.165) is 5.82 Å². The molecule has 6 heteroatoms. The van der Waals surface area contributed by atoms with Crippen molar-refractivity contribution in [3.05, 3.63) is 18.2 Å². The summed E-state index contributed by atoms with van der Waals surface area (Å²) in [5.74, 6) is 0.616. The summed E-state index contributed by atoms with van der Waals surface area (Å²) in [6.07, 6.45) is 3.58. The van der Waals surface area contributed by atoms with Crippen LogP contribution in [0.1, 0.15) is 32.6 Å². The first-order valence-corrected chi connectivity index (χ1v) is 6.67. The summed E-state index contributed by atoms with van der Waals surface area (Å²) in [7, 11) is 0. The molecule has 0 unspecified atom stereocenters. The molecule has 0 spiro atoms. The van der Waals surface area contributed by atoms with E-state index in [1.54, 1.807) is 6.20 Å². The van der Waals surface area contributed by atoms with Crippen LogP contribution in [0.25, 0.3) is 0 Å². The van der Waals surface area contributed by atoms with Gasteiger partial charge in [0, 0.05) is 25.0 Å². The monoisotopic (exact) mass is 266 g/mol. The predicted molar refractivity (Wildman–Crippen MR) is 71.4 cm³/mol. The van der Waals surface area contributed by atoms with Gasteiger partial charge in [-0.3, -0.25) is 9.69 Å². The lowest BCUT2D eigenvalue weighted by Crippen LogP contribution is -2.56. The number of ether oxygens (including phenoxy) is 1. The van der Waals surface area contributed by atoms with Crippen molar-refractivity contribution >= 4 is 5.91 Å². The Balaban J connectivity index is 2.16. The molecule has 2 atom stereocenters. The average Bonchev–Trinajstić information content (AvgIpc) is 2.76. The van der Waals surface area contributed by atoms with Gasteiger partial charge >= 0.3 is 0 Å². The number of amides is 1. The number of nitrogens with two attached hydrogens (primary N) is 1. The Labute approximate surface area is 113 Å². The third-order valence-corrected chi connectivity index (χ3v) is 3.54. The maximum atomic E-state index is 11.6. The minimum Gasteiger partial charge on any atom is -0.375 e. The van der Waals surface area contributed by atoms with Gasteiger partial charge in [0.1, 0.15) is 11.9 Å². The van der Waals surface area contributed by atoms with Crippen LogP contribution in [0.15, 0.2) is 12.4 Å². The zero-order chi connectivity index (χ0) is 14.0. The van der Waals surface area contributed by atoms with Gasteiger partial charge in [-0.05, 0) is 20.8 Å². The number of aromatic nitrogens is 2. The molecule has 1 saturated heterocycles. The van der Waals surface area contributed by atoms with Crippen molar-refractivity contribution in [1.82, 2.24) is 14.5 Å². The van der Waals surface area contributed by atoms with Gasteiger partial charge in [-0.15, -0.1) is 0 Å². The van der Waals surface area contributed by atoms with Crippen LogP contribution in [0.2, 0.25) is 0 Å². The Morgan fingerprint density at radius 3 is 3.00 bits per heavy atom. The van der Waals surface area contributed by atoms with Gasteiger partial charge in [0.05, 0.1) is 19.3 Å². The summed E-state index contributed by atoms with van der Waals surface area (Å²) in [4.78, 5) is 18.0. The van der Waals surface area contributed by atoms with E-state index < -0.39 is 0 Å². The third kappa shape index (κ3) is 2.96.